The van der Waals surface area contributed by atoms with Gasteiger partial charge in [-0.2, -0.15) is 0 Å². The molecule has 0 saturated carbocycles. The summed E-state index contributed by atoms with van der Waals surface area (Å²) < 4.78 is 0. The summed E-state index contributed by atoms with van der Waals surface area (Å²) in [6, 6.07) is 8.71. The van der Waals surface area contributed by atoms with Crippen molar-refractivity contribution < 1.29 is 14.7 Å². The molecule has 0 aliphatic carbocycles. The SMILES string of the molecule is CC[C@H](NC(=O)NCCCN(C)c1ccccc1)C(=O)O. The number of hydrogen-bond acceptors (Lipinski definition) is 3. The number of benzene rings is 1. The normalized spacial score (nSPS) is 11.5. The summed E-state index contributed by atoms with van der Waals surface area (Å²) in [5.41, 5.74) is 1.12. The zero-order valence-electron chi connectivity index (χ0n) is 12.5. The van der Waals surface area contributed by atoms with Gasteiger partial charge >= 0.3 is 12.0 Å². The first-order chi connectivity index (χ1) is 10.0. The first kappa shape index (κ1) is 16.8. The van der Waals surface area contributed by atoms with E-state index < -0.39 is 18.0 Å². The number of carbonyl (C=O) groups is 2. The maximum atomic E-state index is 11.5. The molecule has 1 aromatic carbocycles. The van der Waals surface area contributed by atoms with E-state index in [-0.39, 0.29) is 0 Å². The van der Waals surface area contributed by atoms with Crippen LogP contribution in [-0.2, 0) is 4.79 Å². The number of carboxylic acid groups (broad SMARTS) is 1. The zero-order valence-corrected chi connectivity index (χ0v) is 12.5. The third kappa shape index (κ3) is 6.16. The minimum atomic E-state index is -1.02. The molecule has 0 fully saturated rings. The van der Waals surface area contributed by atoms with Crippen LogP contribution in [0.2, 0.25) is 0 Å². The number of nitrogens with one attached hydrogen (secondary N) is 2. The molecule has 0 spiro atoms. The number of urea groups is 1. The lowest BCUT2D eigenvalue weighted by molar-refractivity contribution is -0.139. The summed E-state index contributed by atoms with van der Waals surface area (Å²) in [5, 5.41) is 13.9. The molecule has 0 saturated heterocycles. The average Bonchev–Trinajstić information content (AvgIpc) is 2.49. The van der Waals surface area contributed by atoms with Gasteiger partial charge in [0.05, 0.1) is 0 Å². The smallest absolute Gasteiger partial charge is 0.326 e. The highest BCUT2D eigenvalue weighted by Gasteiger charge is 2.16. The van der Waals surface area contributed by atoms with Crippen molar-refractivity contribution in [3.05, 3.63) is 30.3 Å². The Morgan fingerprint density at radius 2 is 1.95 bits per heavy atom. The summed E-state index contributed by atoms with van der Waals surface area (Å²) >= 11 is 0. The fourth-order valence-electron chi connectivity index (χ4n) is 1.88. The highest BCUT2D eigenvalue weighted by molar-refractivity contribution is 5.82. The molecule has 0 radical (unpaired) electrons. The number of amides is 2. The van der Waals surface area contributed by atoms with Gasteiger partial charge in [-0.1, -0.05) is 25.1 Å². The Hall–Kier alpha value is -2.24. The molecule has 3 N–H and O–H groups in total. The molecule has 0 heterocycles. The van der Waals surface area contributed by atoms with Crippen LogP contribution >= 0.6 is 0 Å². The molecule has 0 bridgehead atoms. The highest BCUT2D eigenvalue weighted by Crippen LogP contribution is 2.10. The monoisotopic (exact) mass is 293 g/mol. The fourth-order valence-corrected chi connectivity index (χ4v) is 1.88. The summed E-state index contributed by atoms with van der Waals surface area (Å²) in [5.74, 6) is -1.02. The van der Waals surface area contributed by atoms with Crippen molar-refractivity contribution in [3.63, 3.8) is 0 Å². The minimum absolute atomic E-state index is 0.361. The van der Waals surface area contributed by atoms with Crippen LogP contribution in [0, 0.1) is 0 Å². The van der Waals surface area contributed by atoms with Gasteiger partial charge in [0.25, 0.3) is 0 Å². The molecule has 21 heavy (non-hydrogen) atoms. The molecule has 6 heteroatoms. The van der Waals surface area contributed by atoms with Crippen LogP contribution in [0.15, 0.2) is 30.3 Å². The molecule has 0 aliphatic rings. The van der Waals surface area contributed by atoms with E-state index in [1.165, 1.54) is 0 Å². The van der Waals surface area contributed by atoms with Crippen molar-refractivity contribution in [2.24, 2.45) is 0 Å². The van der Waals surface area contributed by atoms with Crippen LogP contribution in [-0.4, -0.2) is 43.3 Å². The molecule has 116 valence electrons. The maximum Gasteiger partial charge on any atom is 0.326 e. The van der Waals surface area contributed by atoms with Gasteiger partial charge in [-0.25, -0.2) is 9.59 Å². The third-order valence-corrected chi connectivity index (χ3v) is 3.16. The molecule has 0 aromatic heterocycles. The van der Waals surface area contributed by atoms with Crippen molar-refractivity contribution in [2.75, 3.05) is 25.0 Å². The molecular weight excluding hydrogens is 270 g/mol. The summed E-state index contributed by atoms with van der Waals surface area (Å²) in [6.45, 7) is 3.02. The second-order valence-corrected chi connectivity index (χ2v) is 4.81. The number of carbonyl (C=O) groups excluding carboxylic acids is 1. The summed E-state index contributed by atoms with van der Waals surface area (Å²) in [6.07, 6.45) is 1.14. The van der Waals surface area contributed by atoms with E-state index >= 15 is 0 Å². The minimum Gasteiger partial charge on any atom is -0.480 e. The van der Waals surface area contributed by atoms with Gasteiger partial charge in [0.1, 0.15) is 6.04 Å². The van der Waals surface area contributed by atoms with Crippen molar-refractivity contribution in [2.45, 2.75) is 25.8 Å². The van der Waals surface area contributed by atoms with Crippen molar-refractivity contribution >= 4 is 17.7 Å². The van der Waals surface area contributed by atoms with Crippen LogP contribution in [0.3, 0.4) is 0 Å². The predicted octanol–water partition coefficient (Wildman–Crippen LogP) is 1.68. The number of rotatable bonds is 8. The van der Waals surface area contributed by atoms with E-state index in [2.05, 4.69) is 15.5 Å². The van der Waals surface area contributed by atoms with Gasteiger partial charge in [-0.15, -0.1) is 0 Å². The van der Waals surface area contributed by atoms with Gasteiger partial charge in [0.15, 0.2) is 0 Å². The van der Waals surface area contributed by atoms with Gasteiger partial charge in [-0.3, -0.25) is 0 Å². The molecule has 0 aliphatic heterocycles. The first-order valence-corrected chi connectivity index (χ1v) is 7.08. The number of nitrogens with zero attached hydrogens (tertiary/aromatic N) is 1. The first-order valence-electron chi connectivity index (χ1n) is 7.08. The average molecular weight is 293 g/mol. The zero-order chi connectivity index (χ0) is 15.7. The van der Waals surface area contributed by atoms with Gasteiger partial charge in [0, 0.05) is 25.8 Å². The van der Waals surface area contributed by atoms with Gasteiger partial charge in [0.2, 0.25) is 0 Å². The van der Waals surface area contributed by atoms with E-state index in [9.17, 15) is 9.59 Å². The van der Waals surface area contributed by atoms with Crippen molar-refractivity contribution in [1.29, 1.82) is 0 Å². The molecule has 1 rings (SSSR count). The van der Waals surface area contributed by atoms with E-state index in [0.29, 0.717) is 13.0 Å². The third-order valence-electron chi connectivity index (χ3n) is 3.16. The lowest BCUT2D eigenvalue weighted by Crippen LogP contribution is -2.46. The standard InChI is InChI=1S/C15H23N3O3/c1-3-13(14(19)20)17-15(21)16-10-7-11-18(2)12-8-5-4-6-9-12/h4-6,8-9,13H,3,7,10-11H2,1-2H3,(H,19,20)(H2,16,17,21)/t13-/m0/s1. The Bertz CT molecular complexity index is 451. The van der Waals surface area contributed by atoms with E-state index in [4.69, 9.17) is 5.11 Å². The summed E-state index contributed by atoms with van der Waals surface area (Å²) in [7, 11) is 1.99. The Kier molecular flexibility index (Phi) is 7.08. The molecule has 6 nitrogen and oxygen atoms in total. The summed E-state index contributed by atoms with van der Waals surface area (Å²) in [4.78, 5) is 24.4. The van der Waals surface area contributed by atoms with Crippen molar-refractivity contribution in [3.8, 4) is 0 Å². The molecule has 0 unspecified atom stereocenters. The number of anilines is 1. The largest absolute Gasteiger partial charge is 0.480 e. The van der Waals surface area contributed by atoms with Crippen LogP contribution in [0.5, 0.6) is 0 Å². The number of aliphatic carboxylic acids is 1. The number of para-hydroxylation sites is 1. The van der Waals surface area contributed by atoms with E-state index in [0.717, 1.165) is 18.7 Å². The Balaban J connectivity index is 2.22. The predicted molar refractivity (Wildman–Crippen MR) is 82.6 cm³/mol. The molecule has 1 aromatic rings. The highest BCUT2D eigenvalue weighted by atomic mass is 16.4. The lowest BCUT2D eigenvalue weighted by atomic mass is 10.2. The Labute approximate surface area is 125 Å². The van der Waals surface area contributed by atoms with E-state index in [1.54, 1.807) is 6.92 Å². The maximum absolute atomic E-state index is 11.5. The Morgan fingerprint density at radius 1 is 1.29 bits per heavy atom. The second-order valence-electron chi connectivity index (χ2n) is 4.81. The van der Waals surface area contributed by atoms with Crippen LogP contribution < -0.4 is 15.5 Å². The van der Waals surface area contributed by atoms with Crippen LogP contribution in [0.25, 0.3) is 0 Å². The van der Waals surface area contributed by atoms with Gasteiger partial charge < -0.3 is 20.6 Å². The van der Waals surface area contributed by atoms with Crippen LogP contribution in [0.4, 0.5) is 10.5 Å². The molecule has 1 atom stereocenters. The quantitative estimate of drug-likeness (QED) is 0.637. The van der Waals surface area contributed by atoms with Crippen molar-refractivity contribution in [1.82, 2.24) is 10.6 Å². The van der Waals surface area contributed by atoms with Gasteiger partial charge in [-0.05, 0) is 25.0 Å². The fraction of sp³-hybridized carbons (Fsp3) is 0.467. The lowest BCUT2D eigenvalue weighted by Gasteiger charge is -2.19. The van der Waals surface area contributed by atoms with E-state index in [1.807, 2.05) is 37.4 Å². The number of carboxylic acids is 1. The Morgan fingerprint density at radius 3 is 2.52 bits per heavy atom. The second kappa shape index (κ2) is 8.84. The molecular formula is C15H23N3O3. The van der Waals surface area contributed by atoms with Crippen LogP contribution in [0.1, 0.15) is 19.8 Å². The molecule has 2 amide bonds. The number of hydrogen-bond donors (Lipinski definition) is 3. The topological polar surface area (TPSA) is 81.7 Å².